The van der Waals surface area contributed by atoms with Gasteiger partial charge in [0.15, 0.2) is 0 Å². The Balaban J connectivity index is 1.96. The molecule has 1 heteroatoms. The number of hydrogen-bond acceptors (Lipinski definition) is 1. The Morgan fingerprint density at radius 1 is 0.882 bits per heavy atom. The van der Waals surface area contributed by atoms with Gasteiger partial charge in [0.2, 0.25) is 0 Å². The third-order valence-electron chi connectivity index (χ3n) is 2.80. The first-order chi connectivity index (χ1) is 8.25. The largest absolute Gasteiger partial charge is 0.489 e. The predicted molar refractivity (Wildman–Crippen MR) is 71.3 cm³/mol. The topological polar surface area (TPSA) is 9.23 Å². The quantitative estimate of drug-likeness (QED) is 0.751. The van der Waals surface area contributed by atoms with Gasteiger partial charge in [-0.15, -0.1) is 0 Å². The Labute approximate surface area is 103 Å². The van der Waals surface area contributed by atoms with Crippen LogP contribution in [0.25, 0.3) is 0 Å². The molecule has 0 radical (unpaired) electrons. The molecule has 0 aliphatic rings. The van der Waals surface area contributed by atoms with E-state index in [1.165, 1.54) is 11.1 Å². The number of hydrogen-bond donors (Lipinski definition) is 0. The van der Waals surface area contributed by atoms with E-state index in [9.17, 15) is 0 Å². The number of ether oxygens (including phenoxy) is 1. The number of benzene rings is 2. The fourth-order valence-electron chi connectivity index (χ4n) is 1.69. The molecule has 0 unspecified atom stereocenters. The van der Waals surface area contributed by atoms with Gasteiger partial charge in [-0.1, -0.05) is 56.3 Å². The first kappa shape index (κ1) is 11.7. The van der Waals surface area contributed by atoms with Crippen molar-refractivity contribution in [1.29, 1.82) is 0 Å². The molecule has 0 aliphatic heterocycles. The van der Waals surface area contributed by atoms with Crippen LogP contribution >= 0.6 is 0 Å². The summed E-state index contributed by atoms with van der Waals surface area (Å²) in [5.74, 6) is 1.50. The minimum absolute atomic E-state index is 0.568. The van der Waals surface area contributed by atoms with E-state index in [-0.39, 0.29) is 0 Å². The molecule has 0 bridgehead atoms. The molecule has 2 aromatic carbocycles. The molecule has 0 N–H and O–H groups in total. The summed E-state index contributed by atoms with van der Waals surface area (Å²) in [5.41, 5.74) is 2.54. The molecule has 2 aromatic rings. The molecular formula is C16H18O. The molecular weight excluding hydrogens is 208 g/mol. The Hall–Kier alpha value is -1.76. The zero-order chi connectivity index (χ0) is 12.1. The minimum atomic E-state index is 0.568. The summed E-state index contributed by atoms with van der Waals surface area (Å²) in [6.07, 6.45) is 0. The predicted octanol–water partition coefficient (Wildman–Crippen LogP) is 4.39. The summed E-state index contributed by atoms with van der Waals surface area (Å²) < 4.78 is 5.73. The summed E-state index contributed by atoms with van der Waals surface area (Å²) in [5, 5.41) is 0. The van der Waals surface area contributed by atoms with Crippen LogP contribution in [-0.4, -0.2) is 0 Å². The van der Waals surface area contributed by atoms with Crippen molar-refractivity contribution in [2.24, 2.45) is 0 Å². The Morgan fingerprint density at radius 2 is 1.53 bits per heavy atom. The lowest BCUT2D eigenvalue weighted by Crippen LogP contribution is -1.95. The van der Waals surface area contributed by atoms with E-state index in [4.69, 9.17) is 4.74 Å². The highest BCUT2D eigenvalue weighted by atomic mass is 16.5. The maximum absolute atomic E-state index is 5.73. The van der Waals surface area contributed by atoms with Gasteiger partial charge in [-0.25, -0.2) is 0 Å². The SMILES string of the molecule is CC(C)c1ccc(OCc2ccccc2)cc1. The first-order valence-corrected chi connectivity index (χ1v) is 6.02. The average Bonchev–Trinajstić information content (AvgIpc) is 2.38. The molecule has 2 rings (SSSR count). The van der Waals surface area contributed by atoms with E-state index < -0.39 is 0 Å². The van der Waals surface area contributed by atoms with Crippen LogP contribution in [0.3, 0.4) is 0 Å². The van der Waals surface area contributed by atoms with Crippen molar-refractivity contribution in [2.75, 3.05) is 0 Å². The van der Waals surface area contributed by atoms with Crippen molar-refractivity contribution in [1.82, 2.24) is 0 Å². The van der Waals surface area contributed by atoms with Crippen molar-refractivity contribution >= 4 is 0 Å². The molecule has 0 atom stereocenters. The molecule has 0 aromatic heterocycles. The smallest absolute Gasteiger partial charge is 0.119 e. The molecule has 0 aliphatic carbocycles. The fourth-order valence-corrected chi connectivity index (χ4v) is 1.69. The van der Waals surface area contributed by atoms with Crippen LogP contribution in [0.5, 0.6) is 5.75 Å². The van der Waals surface area contributed by atoms with Gasteiger partial charge in [0.25, 0.3) is 0 Å². The van der Waals surface area contributed by atoms with Crippen molar-refractivity contribution in [3.63, 3.8) is 0 Å². The van der Waals surface area contributed by atoms with Crippen molar-refractivity contribution in [3.05, 3.63) is 65.7 Å². The zero-order valence-corrected chi connectivity index (χ0v) is 10.4. The Kier molecular flexibility index (Phi) is 3.81. The monoisotopic (exact) mass is 226 g/mol. The second kappa shape index (κ2) is 5.53. The van der Waals surface area contributed by atoms with Gasteiger partial charge in [-0.2, -0.15) is 0 Å². The van der Waals surface area contributed by atoms with Gasteiger partial charge in [-0.05, 0) is 29.2 Å². The second-order valence-electron chi connectivity index (χ2n) is 4.50. The molecule has 0 saturated carbocycles. The maximum atomic E-state index is 5.73. The summed E-state index contributed by atoms with van der Waals surface area (Å²) >= 11 is 0. The normalized spacial score (nSPS) is 10.5. The summed E-state index contributed by atoms with van der Waals surface area (Å²) in [7, 11) is 0. The Morgan fingerprint density at radius 3 is 2.12 bits per heavy atom. The lowest BCUT2D eigenvalue weighted by atomic mass is 10.0. The van der Waals surface area contributed by atoms with E-state index in [1.807, 2.05) is 30.3 Å². The van der Waals surface area contributed by atoms with Crippen LogP contribution < -0.4 is 4.74 Å². The molecule has 1 nitrogen and oxygen atoms in total. The molecule has 0 heterocycles. The van der Waals surface area contributed by atoms with E-state index >= 15 is 0 Å². The van der Waals surface area contributed by atoms with Gasteiger partial charge < -0.3 is 4.74 Å². The minimum Gasteiger partial charge on any atom is -0.489 e. The highest BCUT2D eigenvalue weighted by molar-refractivity contribution is 5.29. The summed E-state index contributed by atoms with van der Waals surface area (Å²) in [6.45, 7) is 5.02. The van der Waals surface area contributed by atoms with Crippen molar-refractivity contribution < 1.29 is 4.74 Å². The van der Waals surface area contributed by atoms with Gasteiger partial charge in [-0.3, -0.25) is 0 Å². The van der Waals surface area contributed by atoms with Gasteiger partial charge >= 0.3 is 0 Å². The standard InChI is InChI=1S/C16H18O/c1-13(2)15-8-10-16(11-9-15)17-12-14-6-4-3-5-7-14/h3-11,13H,12H2,1-2H3. The third-order valence-corrected chi connectivity index (χ3v) is 2.80. The highest BCUT2D eigenvalue weighted by Crippen LogP contribution is 2.19. The van der Waals surface area contributed by atoms with Crippen LogP contribution in [0.15, 0.2) is 54.6 Å². The lowest BCUT2D eigenvalue weighted by molar-refractivity contribution is 0.306. The molecule has 17 heavy (non-hydrogen) atoms. The molecule has 88 valence electrons. The van der Waals surface area contributed by atoms with Crippen LogP contribution in [-0.2, 0) is 6.61 Å². The van der Waals surface area contributed by atoms with Crippen LogP contribution in [0.2, 0.25) is 0 Å². The van der Waals surface area contributed by atoms with E-state index in [0.717, 1.165) is 5.75 Å². The van der Waals surface area contributed by atoms with Crippen molar-refractivity contribution in [2.45, 2.75) is 26.4 Å². The van der Waals surface area contributed by atoms with Crippen LogP contribution in [0.1, 0.15) is 30.9 Å². The van der Waals surface area contributed by atoms with E-state index in [2.05, 4.69) is 38.1 Å². The molecule has 0 spiro atoms. The third kappa shape index (κ3) is 3.35. The van der Waals surface area contributed by atoms with E-state index in [1.54, 1.807) is 0 Å². The van der Waals surface area contributed by atoms with Crippen molar-refractivity contribution in [3.8, 4) is 5.75 Å². The van der Waals surface area contributed by atoms with Crippen LogP contribution in [0, 0.1) is 0 Å². The van der Waals surface area contributed by atoms with E-state index in [0.29, 0.717) is 12.5 Å². The molecule has 0 amide bonds. The lowest BCUT2D eigenvalue weighted by Gasteiger charge is -2.08. The first-order valence-electron chi connectivity index (χ1n) is 6.02. The highest BCUT2D eigenvalue weighted by Gasteiger charge is 1.99. The molecule has 0 saturated heterocycles. The zero-order valence-electron chi connectivity index (χ0n) is 10.4. The average molecular weight is 226 g/mol. The fraction of sp³-hybridized carbons (Fsp3) is 0.250. The molecule has 0 fully saturated rings. The maximum Gasteiger partial charge on any atom is 0.119 e. The van der Waals surface area contributed by atoms with Gasteiger partial charge in [0.05, 0.1) is 0 Å². The number of rotatable bonds is 4. The van der Waals surface area contributed by atoms with Gasteiger partial charge in [0, 0.05) is 0 Å². The second-order valence-corrected chi connectivity index (χ2v) is 4.50. The van der Waals surface area contributed by atoms with Gasteiger partial charge in [0.1, 0.15) is 12.4 Å². The summed E-state index contributed by atoms with van der Waals surface area (Å²) in [4.78, 5) is 0. The summed E-state index contributed by atoms with van der Waals surface area (Å²) in [6, 6.07) is 18.6. The Bertz CT molecular complexity index is 443. The van der Waals surface area contributed by atoms with Crippen LogP contribution in [0.4, 0.5) is 0 Å².